The Morgan fingerprint density at radius 3 is 2.65 bits per heavy atom. The molecule has 0 amide bonds. The molecule has 1 aliphatic carbocycles. The molecule has 0 spiro atoms. The third-order valence-corrected chi connectivity index (χ3v) is 6.16. The van der Waals surface area contributed by atoms with Gasteiger partial charge in [0.2, 0.25) is 0 Å². The number of hydrogen-bond acceptors (Lipinski definition) is 3. The normalized spacial score (nSPS) is 22.2. The number of hydrogen-bond donors (Lipinski definition) is 2. The molecule has 166 valence electrons. The summed E-state index contributed by atoms with van der Waals surface area (Å²) in [7, 11) is 0. The molecule has 3 heteroatoms. The molecule has 0 saturated heterocycles. The van der Waals surface area contributed by atoms with E-state index in [2.05, 4.69) is 37.8 Å². The van der Waals surface area contributed by atoms with Crippen molar-refractivity contribution in [3.8, 4) is 5.75 Å². The Labute approximate surface area is 187 Å². The van der Waals surface area contributed by atoms with Gasteiger partial charge in [-0.1, -0.05) is 87.4 Å². The Balaban J connectivity index is 1.61. The summed E-state index contributed by atoms with van der Waals surface area (Å²) in [6.45, 7) is 6.78. The molecule has 2 aromatic carbocycles. The molecule has 2 aromatic rings. The van der Waals surface area contributed by atoms with Gasteiger partial charge in [-0.2, -0.15) is 0 Å². The molecule has 0 heterocycles. The Bertz CT molecular complexity index is 842. The molecule has 1 fully saturated rings. The van der Waals surface area contributed by atoms with Crippen LogP contribution in [-0.2, 0) is 13.0 Å². The second kappa shape index (κ2) is 11.9. The van der Waals surface area contributed by atoms with Crippen LogP contribution in [0.15, 0.2) is 78.9 Å². The first-order valence-electron chi connectivity index (χ1n) is 11.5. The summed E-state index contributed by atoms with van der Waals surface area (Å²) in [5.41, 5.74) is 3.22. The van der Waals surface area contributed by atoms with Gasteiger partial charge in [-0.05, 0) is 54.0 Å². The standard InChI is InChI=1S/C28H36O3/c1-3-4-6-13-25(29)15-16-27-24(17-21(2)28(27)30)18-23-12-9-14-26(19-23)31-20-22-10-7-5-8-11-22/h5,7-12,14-16,19,24-25,27-30H,2-4,6,13,17-18,20H2,1H3/t24-,25-,27-,28-/m0/s1. The Kier molecular flexibility index (Phi) is 8.93. The maximum absolute atomic E-state index is 10.6. The molecule has 0 bridgehead atoms. The Hall–Kier alpha value is -2.36. The van der Waals surface area contributed by atoms with Gasteiger partial charge in [0.1, 0.15) is 12.4 Å². The van der Waals surface area contributed by atoms with Crippen LogP contribution in [0.25, 0.3) is 0 Å². The molecule has 3 rings (SSSR count). The second-order valence-electron chi connectivity index (χ2n) is 8.72. The number of aliphatic hydroxyl groups excluding tert-OH is 2. The minimum Gasteiger partial charge on any atom is -0.489 e. The van der Waals surface area contributed by atoms with Crippen molar-refractivity contribution in [1.29, 1.82) is 0 Å². The van der Waals surface area contributed by atoms with E-state index >= 15 is 0 Å². The molecule has 0 aliphatic heterocycles. The third-order valence-electron chi connectivity index (χ3n) is 6.16. The van der Waals surface area contributed by atoms with Crippen molar-refractivity contribution < 1.29 is 14.9 Å². The molecule has 0 unspecified atom stereocenters. The van der Waals surface area contributed by atoms with E-state index in [1.54, 1.807) is 0 Å². The maximum Gasteiger partial charge on any atom is 0.120 e. The van der Waals surface area contributed by atoms with Crippen molar-refractivity contribution in [1.82, 2.24) is 0 Å². The first-order chi connectivity index (χ1) is 15.1. The van der Waals surface area contributed by atoms with Gasteiger partial charge in [0.15, 0.2) is 0 Å². The van der Waals surface area contributed by atoms with Crippen LogP contribution in [0.3, 0.4) is 0 Å². The van der Waals surface area contributed by atoms with E-state index in [9.17, 15) is 10.2 Å². The highest BCUT2D eigenvalue weighted by atomic mass is 16.5. The van der Waals surface area contributed by atoms with Gasteiger partial charge >= 0.3 is 0 Å². The fourth-order valence-corrected chi connectivity index (χ4v) is 4.36. The summed E-state index contributed by atoms with van der Waals surface area (Å²) < 4.78 is 5.98. The van der Waals surface area contributed by atoms with Crippen LogP contribution >= 0.6 is 0 Å². The molecular formula is C28H36O3. The summed E-state index contributed by atoms with van der Waals surface area (Å²) in [5.74, 6) is 1.12. The predicted octanol–water partition coefficient (Wildman–Crippen LogP) is 5.86. The number of unbranched alkanes of at least 4 members (excludes halogenated alkanes) is 2. The highest BCUT2D eigenvalue weighted by Gasteiger charge is 2.35. The van der Waals surface area contributed by atoms with E-state index in [4.69, 9.17) is 4.74 Å². The minimum atomic E-state index is -0.540. The number of aliphatic hydroxyl groups is 2. The highest BCUT2D eigenvalue weighted by molar-refractivity contribution is 5.31. The van der Waals surface area contributed by atoms with Gasteiger partial charge in [0, 0.05) is 5.92 Å². The average molecular weight is 421 g/mol. The molecule has 2 N–H and O–H groups in total. The van der Waals surface area contributed by atoms with E-state index < -0.39 is 12.2 Å². The van der Waals surface area contributed by atoms with Gasteiger partial charge in [-0.25, -0.2) is 0 Å². The zero-order chi connectivity index (χ0) is 22.1. The number of ether oxygens (including phenoxy) is 1. The summed E-state index contributed by atoms with van der Waals surface area (Å²) >= 11 is 0. The lowest BCUT2D eigenvalue weighted by Gasteiger charge is -2.19. The Morgan fingerprint density at radius 2 is 1.87 bits per heavy atom. The average Bonchev–Trinajstić information content (AvgIpc) is 3.04. The lowest BCUT2D eigenvalue weighted by molar-refractivity contribution is 0.164. The van der Waals surface area contributed by atoms with Crippen molar-refractivity contribution in [3.63, 3.8) is 0 Å². The van der Waals surface area contributed by atoms with Gasteiger partial charge in [0.25, 0.3) is 0 Å². The van der Waals surface area contributed by atoms with E-state index in [0.29, 0.717) is 6.61 Å². The smallest absolute Gasteiger partial charge is 0.120 e. The van der Waals surface area contributed by atoms with Crippen LogP contribution in [0.5, 0.6) is 5.75 Å². The SMILES string of the molecule is C=C1C[C@@H](Cc2cccc(OCc3ccccc3)c2)[C@H](C=C[C@@H](O)CCCCC)[C@H]1O. The summed E-state index contributed by atoms with van der Waals surface area (Å²) in [6.07, 6.45) is 8.64. The van der Waals surface area contributed by atoms with E-state index in [-0.39, 0.29) is 11.8 Å². The second-order valence-corrected chi connectivity index (χ2v) is 8.72. The monoisotopic (exact) mass is 420 g/mol. The Morgan fingerprint density at radius 1 is 1.10 bits per heavy atom. The van der Waals surface area contributed by atoms with E-state index in [1.807, 2.05) is 42.5 Å². The molecule has 0 aromatic heterocycles. The van der Waals surface area contributed by atoms with Crippen LogP contribution in [0, 0.1) is 11.8 Å². The topological polar surface area (TPSA) is 49.7 Å². The summed E-state index contributed by atoms with van der Waals surface area (Å²) in [5, 5.41) is 20.9. The fraction of sp³-hybridized carbons (Fsp3) is 0.429. The molecule has 0 radical (unpaired) electrons. The fourth-order valence-electron chi connectivity index (χ4n) is 4.36. The van der Waals surface area contributed by atoms with E-state index in [1.165, 1.54) is 5.56 Å². The lowest BCUT2D eigenvalue weighted by atomic mass is 9.88. The molecule has 1 saturated carbocycles. The maximum atomic E-state index is 10.6. The van der Waals surface area contributed by atoms with Gasteiger partial charge in [0.05, 0.1) is 12.2 Å². The van der Waals surface area contributed by atoms with Crippen molar-refractivity contribution in [2.75, 3.05) is 0 Å². The zero-order valence-corrected chi connectivity index (χ0v) is 18.6. The minimum absolute atomic E-state index is 0.0118. The number of rotatable bonds is 11. The van der Waals surface area contributed by atoms with Crippen LogP contribution in [0.2, 0.25) is 0 Å². The van der Waals surface area contributed by atoms with Crippen molar-refractivity contribution in [2.45, 2.75) is 64.3 Å². The predicted molar refractivity (Wildman–Crippen MR) is 127 cm³/mol. The van der Waals surface area contributed by atoms with Gasteiger partial charge in [-0.15, -0.1) is 0 Å². The first-order valence-corrected chi connectivity index (χ1v) is 11.5. The largest absolute Gasteiger partial charge is 0.489 e. The number of benzene rings is 2. The third kappa shape index (κ3) is 7.09. The summed E-state index contributed by atoms with van der Waals surface area (Å²) in [6, 6.07) is 18.4. The van der Waals surface area contributed by atoms with Crippen molar-refractivity contribution in [3.05, 3.63) is 90.0 Å². The van der Waals surface area contributed by atoms with Crippen LogP contribution in [0.4, 0.5) is 0 Å². The quantitative estimate of drug-likeness (QED) is 0.354. The van der Waals surface area contributed by atoms with E-state index in [0.717, 1.165) is 55.4 Å². The van der Waals surface area contributed by atoms with Crippen LogP contribution < -0.4 is 4.74 Å². The molecule has 31 heavy (non-hydrogen) atoms. The molecule has 3 nitrogen and oxygen atoms in total. The van der Waals surface area contributed by atoms with Crippen LogP contribution in [0.1, 0.15) is 50.2 Å². The molecule has 4 atom stereocenters. The summed E-state index contributed by atoms with van der Waals surface area (Å²) in [4.78, 5) is 0. The van der Waals surface area contributed by atoms with Crippen LogP contribution in [-0.4, -0.2) is 22.4 Å². The lowest BCUT2D eigenvalue weighted by Crippen LogP contribution is -2.19. The zero-order valence-electron chi connectivity index (χ0n) is 18.6. The van der Waals surface area contributed by atoms with Crippen molar-refractivity contribution in [2.24, 2.45) is 11.8 Å². The first kappa shape index (κ1) is 23.3. The molecular weight excluding hydrogens is 384 g/mol. The van der Waals surface area contributed by atoms with Crippen molar-refractivity contribution >= 4 is 0 Å². The molecule has 1 aliphatic rings. The van der Waals surface area contributed by atoms with Gasteiger partial charge < -0.3 is 14.9 Å². The highest BCUT2D eigenvalue weighted by Crippen LogP contribution is 2.39. The van der Waals surface area contributed by atoms with Gasteiger partial charge in [-0.3, -0.25) is 0 Å².